The summed E-state index contributed by atoms with van der Waals surface area (Å²) in [7, 11) is 0. The monoisotopic (exact) mass is 393 g/mol. The molecule has 0 saturated heterocycles. The van der Waals surface area contributed by atoms with E-state index in [0.29, 0.717) is 18.5 Å². The van der Waals surface area contributed by atoms with Gasteiger partial charge in [0.15, 0.2) is 0 Å². The van der Waals surface area contributed by atoms with Crippen LogP contribution in [0.1, 0.15) is 45.2 Å². The highest BCUT2D eigenvalue weighted by Crippen LogP contribution is 2.31. The molecular formula is C19H27N3O4S. The molecular weight excluding hydrogens is 366 g/mol. The molecule has 7 nitrogen and oxygen atoms in total. The zero-order valence-electron chi connectivity index (χ0n) is 15.6. The van der Waals surface area contributed by atoms with E-state index in [1.807, 2.05) is 13.8 Å². The molecule has 2 atom stereocenters. The number of carboxylic acid groups (broad SMARTS) is 1. The van der Waals surface area contributed by atoms with E-state index in [0.717, 1.165) is 12.8 Å². The highest BCUT2D eigenvalue weighted by Gasteiger charge is 2.44. The quantitative estimate of drug-likeness (QED) is 0.502. The summed E-state index contributed by atoms with van der Waals surface area (Å²) in [6.45, 7) is 3.76. The fourth-order valence-corrected chi connectivity index (χ4v) is 3.29. The van der Waals surface area contributed by atoms with Crippen LogP contribution in [0.15, 0.2) is 24.4 Å². The lowest BCUT2D eigenvalue weighted by Crippen LogP contribution is -2.61. The van der Waals surface area contributed by atoms with Crippen molar-refractivity contribution in [3.63, 3.8) is 0 Å². The lowest BCUT2D eigenvalue weighted by Gasteiger charge is -2.32. The van der Waals surface area contributed by atoms with Gasteiger partial charge in [0.1, 0.15) is 11.6 Å². The molecule has 2 amide bonds. The number of thiol groups is 1. The minimum Gasteiger partial charge on any atom is -0.480 e. The first-order chi connectivity index (χ1) is 12.7. The maximum atomic E-state index is 13.0. The lowest BCUT2D eigenvalue weighted by molar-refractivity contribution is -0.143. The fourth-order valence-electron chi connectivity index (χ4n) is 3.22. The van der Waals surface area contributed by atoms with Gasteiger partial charge in [-0.2, -0.15) is 12.6 Å². The van der Waals surface area contributed by atoms with Crippen molar-refractivity contribution in [1.82, 2.24) is 15.6 Å². The summed E-state index contributed by atoms with van der Waals surface area (Å²) in [5.74, 6) is -1.88. The molecule has 1 aromatic rings. The Morgan fingerprint density at radius 2 is 1.93 bits per heavy atom. The molecule has 1 saturated carbocycles. The highest BCUT2D eigenvalue weighted by molar-refractivity contribution is 7.81. The Morgan fingerprint density at radius 3 is 2.44 bits per heavy atom. The summed E-state index contributed by atoms with van der Waals surface area (Å²) in [5.41, 5.74) is -0.505. The number of hydrogen-bond acceptors (Lipinski definition) is 5. The van der Waals surface area contributed by atoms with E-state index in [1.54, 1.807) is 24.4 Å². The van der Waals surface area contributed by atoms with Gasteiger partial charge >= 0.3 is 5.97 Å². The number of hydrogen-bond donors (Lipinski definition) is 4. The van der Waals surface area contributed by atoms with Crippen LogP contribution in [0.5, 0.6) is 0 Å². The number of aliphatic carboxylic acids is 1. The molecule has 1 heterocycles. The van der Waals surface area contributed by atoms with Gasteiger partial charge in [0.2, 0.25) is 11.8 Å². The third-order valence-electron chi connectivity index (χ3n) is 4.90. The molecule has 1 aromatic heterocycles. The maximum absolute atomic E-state index is 13.0. The van der Waals surface area contributed by atoms with Gasteiger partial charge in [-0.1, -0.05) is 32.8 Å². The number of pyridine rings is 1. The molecule has 8 heteroatoms. The second kappa shape index (κ2) is 9.21. The van der Waals surface area contributed by atoms with E-state index in [-0.39, 0.29) is 18.2 Å². The Balaban J connectivity index is 2.12. The third kappa shape index (κ3) is 5.45. The molecule has 27 heavy (non-hydrogen) atoms. The smallest absolute Gasteiger partial charge is 0.326 e. The van der Waals surface area contributed by atoms with Gasteiger partial charge in [0.05, 0.1) is 5.25 Å². The molecule has 1 aliphatic rings. The molecule has 1 aliphatic carbocycles. The lowest BCUT2D eigenvalue weighted by atomic mass is 9.94. The predicted molar refractivity (Wildman–Crippen MR) is 104 cm³/mol. The zero-order valence-corrected chi connectivity index (χ0v) is 16.5. The summed E-state index contributed by atoms with van der Waals surface area (Å²) in [4.78, 5) is 41.2. The number of nitrogens with zero attached hydrogens (tertiary/aromatic N) is 1. The van der Waals surface area contributed by atoms with E-state index < -0.39 is 28.7 Å². The Hall–Kier alpha value is -2.09. The first-order valence-electron chi connectivity index (χ1n) is 9.19. The van der Waals surface area contributed by atoms with Crippen molar-refractivity contribution in [3.05, 3.63) is 30.1 Å². The van der Waals surface area contributed by atoms with Crippen molar-refractivity contribution in [2.24, 2.45) is 5.92 Å². The minimum absolute atomic E-state index is 0.0192. The van der Waals surface area contributed by atoms with E-state index in [2.05, 4.69) is 28.2 Å². The Morgan fingerprint density at radius 1 is 1.26 bits per heavy atom. The van der Waals surface area contributed by atoms with Gasteiger partial charge in [-0.3, -0.25) is 14.6 Å². The number of carboxylic acids is 1. The number of carbonyl (C=O) groups is 3. The van der Waals surface area contributed by atoms with Crippen LogP contribution in [0.4, 0.5) is 0 Å². The number of carbonyl (C=O) groups excluding carboxylic acids is 2. The van der Waals surface area contributed by atoms with E-state index in [4.69, 9.17) is 0 Å². The maximum Gasteiger partial charge on any atom is 0.326 e. The largest absolute Gasteiger partial charge is 0.480 e. The van der Waals surface area contributed by atoms with Crippen molar-refractivity contribution in [2.75, 3.05) is 0 Å². The van der Waals surface area contributed by atoms with Crippen LogP contribution in [-0.2, 0) is 20.8 Å². The van der Waals surface area contributed by atoms with Gasteiger partial charge in [0.25, 0.3) is 0 Å². The van der Waals surface area contributed by atoms with Crippen molar-refractivity contribution in [2.45, 2.75) is 62.8 Å². The second-order valence-corrected chi connectivity index (χ2v) is 7.91. The molecule has 0 spiro atoms. The number of aromatic nitrogens is 1. The molecule has 0 bridgehead atoms. The van der Waals surface area contributed by atoms with Crippen molar-refractivity contribution in [3.8, 4) is 0 Å². The Labute approximate surface area is 164 Å². The molecule has 0 radical (unpaired) electrons. The minimum atomic E-state index is -1.14. The topological polar surface area (TPSA) is 108 Å². The summed E-state index contributed by atoms with van der Waals surface area (Å²) >= 11 is 4.32. The third-order valence-corrected chi connectivity index (χ3v) is 5.73. The summed E-state index contributed by atoms with van der Waals surface area (Å²) in [5, 5.41) is 14.4. The second-order valence-electron chi connectivity index (χ2n) is 7.36. The first-order valence-corrected chi connectivity index (χ1v) is 9.70. The molecule has 0 aromatic carbocycles. The van der Waals surface area contributed by atoms with Crippen LogP contribution in [0, 0.1) is 5.92 Å². The highest BCUT2D eigenvalue weighted by atomic mass is 32.1. The average molecular weight is 394 g/mol. The van der Waals surface area contributed by atoms with Crippen LogP contribution in [0.25, 0.3) is 0 Å². The van der Waals surface area contributed by atoms with Crippen molar-refractivity contribution >= 4 is 30.4 Å². The number of amides is 2. The van der Waals surface area contributed by atoms with Crippen LogP contribution in [-0.4, -0.2) is 44.7 Å². The summed E-state index contributed by atoms with van der Waals surface area (Å²) < 4.78 is 0. The Kier molecular flexibility index (Phi) is 7.24. The van der Waals surface area contributed by atoms with Crippen molar-refractivity contribution < 1.29 is 19.5 Å². The summed E-state index contributed by atoms with van der Waals surface area (Å²) in [6, 6.07) is 4.10. The van der Waals surface area contributed by atoms with Crippen molar-refractivity contribution in [1.29, 1.82) is 0 Å². The van der Waals surface area contributed by atoms with Gasteiger partial charge in [-0.15, -0.1) is 0 Å². The van der Waals surface area contributed by atoms with Gasteiger partial charge < -0.3 is 15.7 Å². The zero-order chi connectivity index (χ0) is 20.0. The van der Waals surface area contributed by atoms with Crippen LogP contribution >= 0.6 is 12.6 Å². The van der Waals surface area contributed by atoms with Crippen LogP contribution < -0.4 is 10.6 Å². The van der Waals surface area contributed by atoms with Gasteiger partial charge in [-0.25, -0.2) is 4.79 Å². The van der Waals surface area contributed by atoms with E-state index in [1.165, 1.54) is 0 Å². The molecule has 148 valence electrons. The molecule has 2 rings (SSSR count). The normalized spacial score (nSPS) is 17.9. The molecule has 1 fully saturated rings. The standard InChI is InChI=1S/C19H27N3O4S/c1-12(2)15(27)16(23)22-19(8-4-5-9-19)18(26)21-14(17(24)25)11-13-7-3-6-10-20-13/h3,6-7,10,12,14-15,27H,4-5,8-9,11H2,1-2H3,(H,21,26)(H,22,23)(H,24,25)/t14-,15-/m0/s1. The first kappa shape index (κ1) is 21.2. The molecule has 3 N–H and O–H groups in total. The van der Waals surface area contributed by atoms with Gasteiger partial charge in [-0.05, 0) is 30.9 Å². The van der Waals surface area contributed by atoms with Crippen LogP contribution in [0.3, 0.4) is 0 Å². The molecule has 0 unspecified atom stereocenters. The van der Waals surface area contributed by atoms with E-state index in [9.17, 15) is 19.5 Å². The fraction of sp³-hybridized carbons (Fsp3) is 0.579. The predicted octanol–water partition coefficient (Wildman–Crippen LogP) is 1.58. The Bertz CT molecular complexity index is 675. The SMILES string of the molecule is CC(C)[C@H](S)C(=O)NC1(C(=O)N[C@@H](Cc2ccccn2)C(=O)O)CCCC1. The van der Waals surface area contributed by atoms with E-state index >= 15 is 0 Å². The summed E-state index contributed by atoms with van der Waals surface area (Å²) in [6.07, 6.45) is 4.22. The number of nitrogens with one attached hydrogen (secondary N) is 2. The number of rotatable bonds is 8. The van der Waals surface area contributed by atoms with Crippen LogP contribution in [0.2, 0.25) is 0 Å². The molecule has 0 aliphatic heterocycles. The average Bonchev–Trinajstić information content (AvgIpc) is 3.10. The van der Waals surface area contributed by atoms with Gasteiger partial charge in [0, 0.05) is 18.3 Å².